The maximum absolute atomic E-state index is 13.6. The summed E-state index contributed by atoms with van der Waals surface area (Å²) in [7, 11) is 0. The van der Waals surface area contributed by atoms with Crippen molar-refractivity contribution in [2.24, 2.45) is 0 Å². The lowest BCUT2D eigenvalue weighted by molar-refractivity contribution is -0.140. The fourth-order valence-electron chi connectivity index (χ4n) is 3.28. The summed E-state index contributed by atoms with van der Waals surface area (Å²) in [4.78, 5) is 25.9. The summed E-state index contributed by atoms with van der Waals surface area (Å²) in [5, 5.41) is 0.893. The number of aryl methyl sites for hydroxylation is 1. The largest absolute Gasteiger partial charge is 0.485 e. The predicted octanol–water partition coefficient (Wildman–Crippen LogP) is 4.52. The van der Waals surface area contributed by atoms with Gasteiger partial charge in [-0.2, -0.15) is 13.2 Å². The van der Waals surface area contributed by atoms with E-state index in [2.05, 4.69) is 5.43 Å². The van der Waals surface area contributed by atoms with Gasteiger partial charge in [0.25, 0.3) is 11.8 Å². The Labute approximate surface area is 188 Å². The number of halogens is 4. The third-order valence-electron chi connectivity index (χ3n) is 5.00. The monoisotopic (exact) mass is 468 g/mol. The molecule has 0 aliphatic carbocycles. The molecule has 0 saturated heterocycles. The number of nitrogens with zero attached hydrogens (tertiary/aromatic N) is 1. The van der Waals surface area contributed by atoms with Crippen molar-refractivity contribution >= 4 is 11.8 Å². The summed E-state index contributed by atoms with van der Waals surface area (Å²) in [6, 6.07) is 7.21. The summed E-state index contributed by atoms with van der Waals surface area (Å²) in [6.45, 7) is 6.59. The van der Waals surface area contributed by atoms with E-state index in [9.17, 15) is 27.2 Å². The fraction of sp³-hybridized carbons (Fsp3) is 0.391. The Balaban J connectivity index is 1.83. The van der Waals surface area contributed by atoms with Gasteiger partial charge in [0.15, 0.2) is 11.5 Å². The third kappa shape index (κ3) is 5.20. The van der Waals surface area contributed by atoms with Crippen molar-refractivity contribution in [3.63, 3.8) is 0 Å². The molecule has 1 unspecified atom stereocenters. The number of benzene rings is 2. The van der Waals surface area contributed by atoms with Crippen molar-refractivity contribution in [2.75, 3.05) is 6.61 Å². The molecule has 6 nitrogen and oxygen atoms in total. The number of hydrogen-bond donors (Lipinski definition) is 1. The van der Waals surface area contributed by atoms with Crippen molar-refractivity contribution in [3.05, 3.63) is 58.9 Å². The highest BCUT2D eigenvalue weighted by Crippen LogP contribution is 2.36. The van der Waals surface area contributed by atoms with E-state index in [0.29, 0.717) is 30.1 Å². The lowest BCUT2D eigenvalue weighted by Gasteiger charge is -2.37. The van der Waals surface area contributed by atoms with Gasteiger partial charge < -0.3 is 9.47 Å². The fourth-order valence-corrected chi connectivity index (χ4v) is 3.28. The zero-order valence-corrected chi connectivity index (χ0v) is 18.5. The smallest absolute Gasteiger partial charge is 0.419 e. The molecule has 1 aliphatic rings. The Kier molecular flexibility index (Phi) is 6.58. The zero-order chi connectivity index (χ0) is 24.6. The average Bonchev–Trinajstić information content (AvgIpc) is 2.74. The number of rotatable bonds is 3. The minimum atomic E-state index is -4.98. The van der Waals surface area contributed by atoms with Gasteiger partial charge in [-0.25, -0.2) is 9.40 Å². The molecule has 0 radical (unpaired) electrons. The Bertz CT molecular complexity index is 1060. The normalized spacial score (nSPS) is 15.7. The molecule has 1 aliphatic heterocycles. The lowest BCUT2D eigenvalue weighted by atomic mass is 10.0. The third-order valence-corrected chi connectivity index (χ3v) is 5.00. The Hall–Kier alpha value is -3.30. The van der Waals surface area contributed by atoms with E-state index in [1.165, 1.54) is 0 Å². The molecule has 1 atom stereocenters. The van der Waals surface area contributed by atoms with Crippen molar-refractivity contribution in [1.82, 2.24) is 10.4 Å². The minimum absolute atomic E-state index is 0.114. The molecule has 0 bridgehead atoms. The van der Waals surface area contributed by atoms with Gasteiger partial charge in [0, 0.05) is 5.56 Å². The highest BCUT2D eigenvalue weighted by Gasteiger charge is 2.38. The number of nitrogens with one attached hydrogen (secondary N) is 1. The maximum atomic E-state index is 13.6. The second kappa shape index (κ2) is 8.92. The van der Waals surface area contributed by atoms with Gasteiger partial charge in [-0.05, 0) is 57.0 Å². The number of amides is 2. The van der Waals surface area contributed by atoms with Crippen LogP contribution in [0.25, 0.3) is 0 Å². The van der Waals surface area contributed by atoms with Crippen LogP contribution in [-0.2, 0) is 17.4 Å². The summed E-state index contributed by atoms with van der Waals surface area (Å²) in [5.74, 6) is -2.24. The van der Waals surface area contributed by atoms with Gasteiger partial charge >= 0.3 is 6.18 Å². The number of fused-ring (bicyclic) bond motifs is 1. The molecule has 33 heavy (non-hydrogen) atoms. The van der Waals surface area contributed by atoms with Crippen molar-refractivity contribution in [2.45, 2.75) is 51.9 Å². The van der Waals surface area contributed by atoms with E-state index in [1.54, 1.807) is 32.9 Å². The molecular formula is C23H24F4N2O4. The van der Waals surface area contributed by atoms with Gasteiger partial charge in [-0.15, -0.1) is 0 Å². The van der Waals surface area contributed by atoms with Crippen LogP contribution in [0.2, 0.25) is 0 Å². The zero-order valence-electron chi connectivity index (χ0n) is 18.5. The van der Waals surface area contributed by atoms with E-state index < -0.39 is 46.6 Å². The lowest BCUT2D eigenvalue weighted by Crippen LogP contribution is -2.59. The first kappa shape index (κ1) is 24.3. The standard InChI is InChI=1S/C23H24F4N2O4/c1-5-13-7-6-8-17-19(13)32-12-18(33-17)20(30)28-29(22(2,3)4)21(31)14-9-10-16(24)15(11-14)23(25,26)27/h6-11,18H,5,12H2,1-4H3,(H,28,30). The molecule has 178 valence electrons. The molecule has 3 rings (SSSR count). The van der Waals surface area contributed by atoms with Crippen LogP contribution in [0.4, 0.5) is 17.6 Å². The number of para-hydroxylation sites is 1. The van der Waals surface area contributed by atoms with E-state index >= 15 is 0 Å². The molecule has 1 heterocycles. The molecule has 2 aromatic rings. The van der Waals surface area contributed by atoms with Crippen molar-refractivity contribution in [1.29, 1.82) is 0 Å². The van der Waals surface area contributed by atoms with Crippen LogP contribution in [0.1, 0.15) is 49.2 Å². The number of hydrogen-bond acceptors (Lipinski definition) is 4. The summed E-state index contributed by atoms with van der Waals surface area (Å²) in [6.07, 6.45) is -5.37. The molecule has 2 aromatic carbocycles. The highest BCUT2D eigenvalue weighted by molar-refractivity contribution is 5.96. The Morgan fingerprint density at radius 2 is 1.85 bits per heavy atom. The van der Waals surface area contributed by atoms with Gasteiger partial charge in [-0.1, -0.05) is 19.1 Å². The quantitative estimate of drug-likeness (QED) is 0.532. The van der Waals surface area contributed by atoms with Gasteiger partial charge in [0.1, 0.15) is 12.4 Å². The number of alkyl halides is 3. The van der Waals surface area contributed by atoms with Crippen LogP contribution in [-0.4, -0.2) is 35.1 Å². The Morgan fingerprint density at radius 3 is 2.45 bits per heavy atom. The van der Waals surface area contributed by atoms with Crippen LogP contribution in [0.3, 0.4) is 0 Å². The Morgan fingerprint density at radius 1 is 1.15 bits per heavy atom. The van der Waals surface area contributed by atoms with Crippen LogP contribution >= 0.6 is 0 Å². The van der Waals surface area contributed by atoms with E-state index in [4.69, 9.17) is 9.47 Å². The van der Waals surface area contributed by atoms with Crippen molar-refractivity contribution < 1.29 is 36.6 Å². The van der Waals surface area contributed by atoms with Gasteiger partial charge in [0.05, 0.1) is 11.1 Å². The van der Waals surface area contributed by atoms with E-state index in [1.807, 2.05) is 13.0 Å². The average molecular weight is 468 g/mol. The van der Waals surface area contributed by atoms with Crippen molar-refractivity contribution in [3.8, 4) is 11.5 Å². The number of ether oxygens (including phenoxy) is 2. The molecule has 1 N–H and O–H groups in total. The second-order valence-electron chi connectivity index (χ2n) is 8.50. The number of carbonyl (C=O) groups excluding carboxylic acids is 2. The van der Waals surface area contributed by atoms with Crippen LogP contribution in [0.5, 0.6) is 11.5 Å². The summed E-state index contributed by atoms with van der Waals surface area (Å²) < 4.78 is 64.4. The summed E-state index contributed by atoms with van der Waals surface area (Å²) in [5.41, 5.74) is 0.307. The van der Waals surface area contributed by atoms with Crippen LogP contribution < -0.4 is 14.9 Å². The predicted molar refractivity (Wildman–Crippen MR) is 111 cm³/mol. The maximum Gasteiger partial charge on any atom is 0.419 e. The first-order valence-corrected chi connectivity index (χ1v) is 10.3. The van der Waals surface area contributed by atoms with E-state index in [0.717, 1.165) is 16.6 Å². The molecule has 2 amide bonds. The summed E-state index contributed by atoms with van der Waals surface area (Å²) >= 11 is 0. The number of hydrazine groups is 1. The second-order valence-corrected chi connectivity index (χ2v) is 8.50. The van der Waals surface area contributed by atoms with E-state index in [-0.39, 0.29) is 6.61 Å². The molecule has 0 fully saturated rings. The molecule has 0 aromatic heterocycles. The molecule has 0 spiro atoms. The SMILES string of the molecule is CCc1cccc2c1OCC(C(=O)NN(C(=O)c1ccc(F)c(C(F)(F)F)c1)C(C)(C)C)O2. The highest BCUT2D eigenvalue weighted by atomic mass is 19.4. The number of carbonyl (C=O) groups is 2. The van der Waals surface area contributed by atoms with Crippen LogP contribution in [0, 0.1) is 5.82 Å². The first-order chi connectivity index (χ1) is 15.3. The molecule has 10 heteroatoms. The van der Waals surface area contributed by atoms with Gasteiger partial charge in [0.2, 0.25) is 6.10 Å². The topological polar surface area (TPSA) is 67.9 Å². The molecule has 0 saturated carbocycles. The minimum Gasteiger partial charge on any atom is -0.485 e. The molecular weight excluding hydrogens is 444 g/mol. The van der Waals surface area contributed by atoms with Gasteiger partial charge in [-0.3, -0.25) is 15.0 Å². The van der Waals surface area contributed by atoms with Crippen LogP contribution in [0.15, 0.2) is 36.4 Å². The first-order valence-electron chi connectivity index (χ1n) is 10.3.